The predicted molar refractivity (Wildman–Crippen MR) is 104 cm³/mol. The van der Waals surface area contributed by atoms with Gasteiger partial charge in [0.15, 0.2) is 5.75 Å². The number of carboxylic acids is 1. The Hall–Kier alpha value is -3.32. The molecule has 0 aliphatic carbocycles. The summed E-state index contributed by atoms with van der Waals surface area (Å²) in [6.45, 7) is 0. The van der Waals surface area contributed by atoms with E-state index in [1.54, 1.807) is 24.3 Å². The maximum Gasteiger partial charge on any atom is 0.338 e. The maximum atomic E-state index is 12.3. The van der Waals surface area contributed by atoms with Crippen LogP contribution >= 0.6 is 11.8 Å². The molecule has 7 heteroatoms. The summed E-state index contributed by atoms with van der Waals surface area (Å²) in [5.74, 6) is -0.158. The van der Waals surface area contributed by atoms with Crippen LogP contribution in [-0.2, 0) is 4.79 Å². The number of rotatable bonds is 7. The van der Waals surface area contributed by atoms with Crippen molar-refractivity contribution in [2.75, 3.05) is 11.1 Å². The van der Waals surface area contributed by atoms with E-state index in [4.69, 9.17) is 4.74 Å². The standard InChI is InChI=1S/C20H16N2O4S/c23-18(13-27-19-15(20(24)25)9-6-12-21-19)22-16-10-4-5-11-17(16)26-14-7-2-1-3-8-14/h1-12H,13H2,(H,22,23)(H,24,25). The molecule has 136 valence electrons. The van der Waals surface area contributed by atoms with Crippen LogP contribution in [0.5, 0.6) is 11.5 Å². The van der Waals surface area contributed by atoms with Crippen molar-refractivity contribution in [1.82, 2.24) is 4.98 Å². The van der Waals surface area contributed by atoms with E-state index in [1.165, 1.54) is 12.3 Å². The fourth-order valence-corrected chi connectivity index (χ4v) is 3.05. The summed E-state index contributed by atoms with van der Waals surface area (Å²) in [6.07, 6.45) is 1.50. The molecule has 0 aliphatic rings. The lowest BCUT2D eigenvalue weighted by molar-refractivity contribution is -0.113. The number of hydrogen-bond acceptors (Lipinski definition) is 5. The lowest BCUT2D eigenvalue weighted by atomic mass is 10.3. The van der Waals surface area contributed by atoms with E-state index in [1.807, 2.05) is 36.4 Å². The third kappa shape index (κ3) is 5.08. The average Bonchev–Trinajstić information content (AvgIpc) is 2.69. The minimum atomic E-state index is -1.08. The van der Waals surface area contributed by atoms with Crippen molar-refractivity contribution in [3.05, 3.63) is 78.5 Å². The number of amides is 1. The molecule has 0 bridgehead atoms. The smallest absolute Gasteiger partial charge is 0.338 e. The molecule has 3 aromatic rings. The van der Waals surface area contributed by atoms with Gasteiger partial charge in [-0.25, -0.2) is 9.78 Å². The highest BCUT2D eigenvalue weighted by Crippen LogP contribution is 2.29. The van der Waals surface area contributed by atoms with Gasteiger partial charge in [-0.3, -0.25) is 4.79 Å². The molecule has 0 unspecified atom stereocenters. The number of benzene rings is 2. The molecule has 1 heterocycles. The van der Waals surface area contributed by atoms with Gasteiger partial charge in [0, 0.05) is 6.20 Å². The van der Waals surface area contributed by atoms with Crippen molar-refractivity contribution < 1.29 is 19.4 Å². The molecule has 0 spiro atoms. The first-order valence-electron chi connectivity index (χ1n) is 8.06. The number of carbonyl (C=O) groups excluding carboxylic acids is 1. The number of thioether (sulfide) groups is 1. The third-order valence-corrected chi connectivity index (χ3v) is 4.48. The van der Waals surface area contributed by atoms with Crippen LogP contribution < -0.4 is 10.1 Å². The minimum Gasteiger partial charge on any atom is -0.478 e. The van der Waals surface area contributed by atoms with E-state index < -0.39 is 5.97 Å². The van der Waals surface area contributed by atoms with Crippen LogP contribution in [0.25, 0.3) is 0 Å². The number of para-hydroxylation sites is 3. The molecule has 0 saturated heterocycles. The van der Waals surface area contributed by atoms with Gasteiger partial charge in [-0.15, -0.1) is 0 Å². The number of ether oxygens (including phenoxy) is 1. The van der Waals surface area contributed by atoms with Crippen molar-refractivity contribution in [3.8, 4) is 11.5 Å². The summed E-state index contributed by atoms with van der Waals surface area (Å²) in [5.41, 5.74) is 0.606. The van der Waals surface area contributed by atoms with E-state index in [-0.39, 0.29) is 17.2 Å². The van der Waals surface area contributed by atoms with Crippen LogP contribution in [0.2, 0.25) is 0 Å². The number of hydrogen-bond donors (Lipinski definition) is 2. The molecule has 0 atom stereocenters. The third-order valence-electron chi connectivity index (χ3n) is 3.47. The lowest BCUT2D eigenvalue weighted by Gasteiger charge is -2.12. The second-order valence-electron chi connectivity index (χ2n) is 5.41. The molecule has 2 aromatic carbocycles. The molecule has 1 aromatic heterocycles. The average molecular weight is 380 g/mol. The molecule has 0 saturated carbocycles. The number of anilines is 1. The number of nitrogens with zero attached hydrogens (tertiary/aromatic N) is 1. The fourth-order valence-electron chi connectivity index (χ4n) is 2.26. The second kappa shape index (κ2) is 8.86. The summed E-state index contributed by atoms with van der Waals surface area (Å²) in [5, 5.41) is 12.3. The van der Waals surface area contributed by atoms with Gasteiger partial charge in [0.2, 0.25) is 5.91 Å². The zero-order chi connectivity index (χ0) is 19.1. The van der Waals surface area contributed by atoms with Crippen LogP contribution in [0.1, 0.15) is 10.4 Å². The van der Waals surface area contributed by atoms with Crippen LogP contribution in [0, 0.1) is 0 Å². The Kier molecular flexibility index (Phi) is 6.06. The van der Waals surface area contributed by atoms with Gasteiger partial charge in [-0.05, 0) is 36.4 Å². The zero-order valence-corrected chi connectivity index (χ0v) is 15.0. The van der Waals surface area contributed by atoms with Gasteiger partial charge in [-0.2, -0.15) is 0 Å². The highest BCUT2D eigenvalue weighted by molar-refractivity contribution is 8.00. The van der Waals surface area contributed by atoms with Crippen LogP contribution in [0.15, 0.2) is 78.0 Å². The first-order chi connectivity index (χ1) is 13.1. The fraction of sp³-hybridized carbons (Fsp3) is 0.0500. The quantitative estimate of drug-likeness (QED) is 0.594. The first kappa shape index (κ1) is 18.5. The summed E-state index contributed by atoms with van der Waals surface area (Å²) in [4.78, 5) is 27.5. The monoisotopic (exact) mass is 380 g/mol. The van der Waals surface area contributed by atoms with Crippen molar-refractivity contribution in [1.29, 1.82) is 0 Å². The SMILES string of the molecule is O=C(CSc1ncccc1C(=O)O)Nc1ccccc1Oc1ccccc1. The molecular weight excluding hydrogens is 364 g/mol. The maximum absolute atomic E-state index is 12.3. The Morgan fingerprint density at radius 3 is 2.52 bits per heavy atom. The molecule has 0 aliphatic heterocycles. The Balaban J connectivity index is 1.66. The van der Waals surface area contributed by atoms with Crippen LogP contribution in [-0.4, -0.2) is 27.7 Å². The van der Waals surface area contributed by atoms with Crippen LogP contribution in [0.3, 0.4) is 0 Å². The molecule has 3 rings (SSSR count). The topological polar surface area (TPSA) is 88.5 Å². The van der Waals surface area contributed by atoms with Crippen molar-refractivity contribution in [2.24, 2.45) is 0 Å². The van der Waals surface area contributed by atoms with Gasteiger partial charge in [-0.1, -0.05) is 42.1 Å². The van der Waals surface area contributed by atoms with E-state index in [9.17, 15) is 14.7 Å². The molecule has 6 nitrogen and oxygen atoms in total. The Bertz CT molecular complexity index is 947. The predicted octanol–water partition coefficient (Wildman–Crippen LogP) is 4.30. The second-order valence-corrected chi connectivity index (χ2v) is 6.37. The van der Waals surface area contributed by atoms with Crippen LogP contribution in [0.4, 0.5) is 5.69 Å². The Labute approximate surface area is 160 Å². The number of nitrogens with one attached hydrogen (secondary N) is 1. The number of carboxylic acid groups (broad SMARTS) is 1. The number of carbonyl (C=O) groups is 2. The van der Waals surface area contributed by atoms with Crippen molar-refractivity contribution >= 4 is 29.3 Å². The summed E-state index contributed by atoms with van der Waals surface area (Å²) < 4.78 is 5.81. The van der Waals surface area contributed by atoms with Gasteiger partial charge < -0.3 is 15.2 Å². The van der Waals surface area contributed by atoms with Gasteiger partial charge >= 0.3 is 5.97 Å². The largest absolute Gasteiger partial charge is 0.478 e. The van der Waals surface area contributed by atoms with E-state index >= 15 is 0 Å². The molecule has 1 amide bonds. The zero-order valence-electron chi connectivity index (χ0n) is 14.2. The van der Waals surface area contributed by atoms with Gasteiger partial charge in [0.1, 0.15) is 10.8 Å². The number of pyridine rings is 1. The summed E-state index contributed by atoms with van der Waals surface area (Å²) >= 11 is 1.07. The van der Waals surface area contributed by atoms with Gasteiger partial charge in [0.05, 0.1) is 17.0 Å². The minimum absolute atomic E-state index is 0.0248. The molecule has 27 heavy (non-hydrogen) atoms. The summed E-state index contributed by atoms with van der Waals surface area (Å²) in [7, 11) is 0. The van der Waals surface area contributed by atoms with E-state index in [0.29, 0.717) is 22.2 Å². The van der Waals surface area contributed by atoms with Crippen molar-refractivity contribution in [3.63, 3.8) is 0 Å². The molecule has 2 N–H and O–H groups in total. The van der Waals surface area contributed by atoms with E-state index in [2.05, 4.69) is 10.3 Å². The van der Waals surface area contributed by atoms with Gasteiger partial charge in [0.25, 0.3) is 0 Å². The normalized spacial score (nSPS) is 10.2. The lowest BCUT2D eigenvalue weighted by Crippen LogP contribution is -2.15. The first-order valence-corrected chi connectivity index (χ1v) is 9.05. The van der Waals surface area contributed by atoms with E-state index in [0.717, 1.165) is 11.8 Å². The summed E-state index contributed by atoms with van der Waals surface area (Å²) in [6, 6.07) is 19.4. The van der Waals surface area contributed by atoms with Crippen molar-refractivity contribution in [2.45, 2.75) is 5.03 Å². The number of aromatic nitrogens is 1. The highest BCUT2D eigenvalue weighted by Gasteiger charge is 2.14. The number of aromatic carboxylic acids is 1. The Morgan fingerprint density at radius 2 is 1.74 bits per heavy atom. The molecule has 0 fully saturated rings. The molecule has 0 radical (unpaired) electrons. The highest BCUT2D eigenvalue weighted by atomic mass is 32.2. The Morgan fingerprint density at radius 1 is 1.00 bits per heavy atom. The molecular formula is C20H16N2O4S.